The third-order valence-electron chi connectivity index (χ3n) is 1.63. The van der Waals surface area contributed by atoms with E-state index in [1.807, 2.05) is 5.32 Å². The van der Waals surface area contributed by atoms with Crippen LogP contribution in [0.25, 0.3) is 0 Å². The number of anilines is 1. The highest BCUT2D eigenvalue weighted by atomic mass is 35.5. The van der Waals surface area contributed by atoms with Crippen molar-refractivity contribution < 1.29 is 18.0 Å². The van der Waals surface area contributed by atoms with Gasteiger partial charge in [-0.25, -0.2) is 9.97 Å². The molecule has 0 spiro atoms. The second-order valence-electron chi connectivity index (χ2n) is 3.10. The fourth-order valence-electron chi connectivity index (χ4n) is 0.949. The van der Waals surface area contributed by atoms with Crippen LogP contribution < -0.4 is 10.6 Å². The van der Waals surface area contributed by atoms with E-state index in [2.05, 4.69) is 15.3 Å². The van der Waals surface area contributed by atoms with Crippen LogP contribution in [0.4, 0.5) is 18.9 Å². The maximum absolute atomic E-state index is 11.8. The van der Waals surface area contributed by atoms with Gasteiger partial charge in [0.15, 0.2) is 10.3 Å². The molecule has 1 amide bonds. The predicted octanol–water partition coefficient (Wildman–Crippen LogP) is 1.87. The molecule has 0 saturated carbocycles. The summed E-state index contributed by atoms with van der Waals surface area (Å²) in [6.45, 7) is -1.81. The number of nitrogens with zero attached hydrogens (tertiary/aromatic N) is 2. The highest BCUT2D eigenvalue weighted by Crippen LogP contribution is 2.25. The van der Waals surface area contributed by atoms with Crippen molar-refractivity contribution in [2.75, 3.05) is 18.4 Å². The molecule has 0 unspecified atom stereocenters. The maximum atomic E-state index is 11.8. The summed E-state index contributed by atoms with van der Waals surface area (Å²) in [5.41, 5.74) is -0.0420. The number of amides is 1. The molecule has 1 aromatic heterocycles. The summed E-state index contributed by atoms with van der Waals surface area (Å²) in [5, 5.41) is 3.93. The van der Waals surface area contributed by atoms with Gasteiger partial charge in [-0.1, -0.05) is 23.2 Å². The van der Waals surface area contributed by atoms with Crippen LogP contribution in [0.3, 0.4) is 0 Å². The molecule has 0 fully saturated rings. The van der Waals surface area contributed by atoms with E-state index in [0.717, 1.165) is 6.33 Å². The first-order chi connectivity index (χ1) is 8.29. The number of halogens is 5. The van der Waals surface area contributed by atoms with Gasteiger partial charge >= 0.3 is 6.18 Å². The molecule has 0 atom stereocenters. The molecule has 0 aromatic carbocycles. The molecular weight excluding hydrogens is 296 g/mol. The van der Waals surface area contributed by atoms with Crippen LogP contribution in [0.2, 0.25) is 10.3 Å². The van der Waals surface area contributed by atoms with Crippen molar-refractivity contribution in [1.29, 1.82) is 0 Å². The Labute approximate surface area is 110 Å². The molecule has 0 bridgehead atoms. The first-order valence-corrected chi connectivity index (χ1v) is 5.28. The van der Waals surface area contributed by atoms with E-state index in [9.17, 15) is 18.0 Å². The van der Waals surface area contributed by atoms with Crippen molar-refractivity contribution in [1.82, 2.24) is 15.3 Å². The second-order valence-corrected chi connectivity index (χ2v) is 3.81. The summed E-state index contributed by atoms with van der Waals surface area (Å²) in [4.78, 5) is 18.4. The Morgan fingerprint density at radius 1 is 1.28 bits per heavy atom. The lowest BCUT2D eigenvalue weighted by atomic mass is 10.4. The fraction of sp³-hybridized carbons (Fsp3) is 0.375. The van der Waals surface area contributed by atoms with E-state index >= 15 is 0 Å². The van der Waals surface area contributed by atoms with Crippen molar-refractivity contribution in [3.8, 4) is 0 Å². The summed E-state index contributed by atoms with van der Waals surface area (Å²) in [6, 6.07) is 0. The van der Waals surface area contributed by atoms with Crippen LogP contribution in [0.15, 0.2) is 6.33 Å². The summed E-state index contributed by atoms with van der Waals surface area (Å²) in [6.07, 6.45) is -3.30. The zero-order valence-electron chi connectivity index (χ0n) is 8.68. The van der Waals surface area contributed by atoms with E-state index in [1.165, 1.54) is 0 Å². The SMILES string of the molecule is O=C(CNCC(F)(F)F)Nc1c(Cl)ncnc1Cl. The Morgan fingerprint density at radius 2 is 1.83 bits per heavy atom. The van der Waals surface area contributed by atoms with Crippen LogP contribution in [0.5, 0.6) is 0 Å². The Morgan fingerprint density at radius 3 is 2.33 bits per heavy atom. The predicted molar refractivity (Wildman–Crippen MR) is 59.6 cm³/mol. The summed E-state index contributed by atoms with van der Waals surface area (Å²) < 4.78 is 35.4. The van der Waals surface area contributed by atoms with Gasteiger partial charge in [0.05, 0.1) is 13.1 Å². The third kappa shape index (κ3) is 5.03. The number of carbonyl (C=O) groups is 1. The lowest BCUT2D eigenvalue weighted by molar-refractivity contribution is -0.126. The van der Waals surface area contributed by atoms with Crippen molar-refractivity contribution in [3.05, 3.63) is 16.6 Å². The molecule has 100 valence electrons. The van der Waals surface area contributed by atoms with E-state index in [1.54, 1.807) is 0 Å². The van der Waals surface area contributed by atoms with Crippen LogP contribution >= 0.6 is 23.2 Å². The first kappa shape index (κ1) is 14.9. The zero-order valence-corrected chi connectivity index (χ0v) is 10.2. The Hall–Kier alpha value is -1.12. The van der Waals surface area contributed by atoms with Crippen molar-refractivity contribution >= 4 is 34.8 Å². The smallest absolute Gasteiger partial charge is 0.320 e. The maximum Gasteiger partial charge on any atom is 0.401 e. The number of hydrogen-bond donors (Lipinski definition) is 2. The van der Waals surface area contributed by atoms with Crippen LogP contribution in [0.1, 0.15) is 0 Å². The number of carbonyl (C=O) groups excluding carboxylic acids is 1. The van der Waals surface area contributed by atoms with Gasteiger partial charge in [0.25, 0.3) is 0 Å². The van der Waals surface area contributed by atoms with Crippen molar-refractivity contribution in [2.45, 2.75) is 6.18 Å². The summed E-state index contributed by atoms with van der Waals surface area (Å²) in [7, 11) is 0. The third-order valence-corrected chi connectivity index (χ3v) is 2.20. The number of hydrogen-bond acceptors (Lipinski definition) is 4. The minimum absolute atomic E-state index is 0.0420. The minimum Gasteiger partial charge on any atom is -0.320 e. The number of aromatic nitrogens is 2. The van der Waals surface area contributed by atoms with Crippen molar-refractivity contribution in [3.63, 3.8) is 0 Å². The number of nitrogens with one attached hydrogen (secondary N) is 2. The molecule has 1 heterocycles. The average Bonchev–Trinajstić information content (AvgIpc) is 2.22. The molecule has 0 aliphatic carbocycles. The highest BCUT2D eigenvalue weighted by molar-refractivity contribution is 6.38. The van der Waals surface area contributed by atoms with E-state index in [0.29, 0.717) is 0 Å². The molecule has 1 aromatic rings. The van der Waals surface area contributed by atoms with Gasteiger partial charge in [-0.05, 0) is 0 Å². The first-order valence-electron chi connectivity index (χ1n) is 4.53. The largest absolute Gasteiger partial charge is 0.401 e. The Kier molecular flexibility index (Phi) is 5.12. The zero-order chi connectivity index (χ0) is 13.8. The van der Waals surface area contributed by atoms with E-state index in [-0.39, 0.29) is 16.0 Å². The quantitative estimate of drug-likeness (QED) is 0.833. The van der Waals surface area contributed by atoms with Gasteiger partial charge in [-0.2, -0.15) is 13.2 Å². The monoisotopic (exact) mass is 302 g/mol. The molecule has 0 aliphatic rings. The van der Waals surface area contributed by atoms with Gasteiger partial charge in [0.2, 0.25) is 5.91 Å². The average molecular weight is 303 g/mol. The van der Waals surface area contributed by atoms with Gasteiger partial charge in [-0.3, -0.25) is 4.79 Å². The van der Waals surface area contributed by atoms with Gasteiger partial charge in [-0.15, -0.1) is 0 Å². The molecule has 1 rings (SSSR count). The topological polar surface area (TPSA) is 66.9 Å². The number of alkyl halides is 3. The standard InChI is InChI=1S/C8H7Cl2F3N4O/c9-6-5(7(10)16-3-15-6)17-4(18)1-14-2-8(11,12)13/h3,14H,1-2H2,(H,17,18). The van der Waals surface area contributed by atoms with Crippen LogP contribution in [-0.2, 0) is 4.79 Å². The van der Waals surface area contributed by atoms with Crippen molar-refractivity contribution in [2.24, 2.45) is 0 Å². The van der Waals surface area contributed by atoms with Gasteiger partial charge in [0, 0.05) is 0 Å². The molecule has 18 heavy (non-hydrogen) atoms. The molecule has 10 heteroatoms. The molecule has 0 aliphatic heterocycles. The Balaban J connectivity index is 2.50. The molecule has 5 nitrogen and oxygen atoms in total. The summed E-state index contributed by atoms with van der Waals surface area (Å²) in [5.74, 6) is -0.738. The molecule has 0 saturated heterocycles. The lowest BCUT2D eigenvalue weighted by Gasteiger charge is -2.09. The van der Waals surface area contributed by atoms with E-state index < -0.39 is 25.2 Å². The fourth-order valence-corrected chi connectivity index (χ4v) is 1.36. The Bertz CT molecular complexity index is 421. The molecular formula is C8H7Cl2F3N4O. The molecule has 2 N–H and O–H groups in total. The van der Waals surface area contributed by atoms with Gasteiger partial charge < -0.3 is 10.6 Å². The van der Waals surface area contributed by atoms with Gasteiger partial charge in [0.1, 0.15) is 12.0 Å². The number of rotatable bonds is 4. The van der Waals surface area contributed by atoms with Crippen LogP contribution in [-0.4, -0.2) is 35.1 Å². The molecule has 0 radical (unpaired) electrons. The normalized spacial score (nSPS) is 11.4. The second kappa shape index (κ2) is 6.17. The highest BCUT2D eigenvalue weighted by Gasteiger charge is 2.26. The lowest BCUT2D eigenvalue weighted by Crippen LogP contribution is -2.35. The minimum atomic E-state index is -4.38. The van der Waals surface area contributed by atoms with E-state index in [4.69, 9.17) is 23.2 Å². The summed E-state index contributed by atoms with van der Waals surface area (Å²) >= 11 is 11.3. The van der Waals surface area contributed by atoms with Crippen LogP contribution in [0, 0.1) is 0 Å².